The standard InChI is InChI=1S/C7H13NO3.ClH/c1-7(2)5(6(9)10)8-3-4-11-7;/h5,8H,3-4H2,1-2H3,(H,9,10);1H. The lowest BCUT2D eigenvalue weighted by Crippen LogP contribution is -2.58. The summed E-state index contributed by atoms with van der Waals surface area (Å²) in [5.74, 6) is -0.852. The molecule has 1 saturated heterocycles. The van der Waals surface area contributed by atoms with E-state index in [0.29, 0.717) is 13.2 Å². The largest absolute Gasteiger partial charge is 0.480 e. The molecule has 0 aromatic rings. The fourth-order valence-corrected chi connectivity index (χ4v) is 1.23. The van der Waals surface area contributed by atoms with Crippen LogP contribution in [0.2, 0.25) is 0 Å². The van der Waals surface area contributed by atoms with Crippen molar-refractivity contribution in [3.05, 3.63) is 0 Å². The number of carbonyl (C=O) groups is 1. The average Bonchev–Trinajstić information content (AvgIpc) is 1.85. The van der Waals surface area contributed by atoms with Crippen molar-refractivity contribution in [2.45, 2.75) is 25.5 Å². The van der Waals surface area contributed by atoms with Gasteiger partial charge in [-0.3, -0.25) is 10.1 Å². The highest BCUT2D eigenvalue weighted by Crippen LogP contribution is 2.17. The van der Waals surface area contributed by atoms with E-state index in [0.717, 1.165) is 0 Å². The Balaban J connectivity index is 0.00000121. The SMILES string of the molecule is CC1(C)OCCNC1C(=O)O.Cl. The number of carboxylic acids is 1. The number of rotatable bonds is 1. The normalized spacial score (nSPS) is 27.3. The van der Waals surface area contributed by atoms with E-state index in [1.807, 2.05) is 0 Å². The smallest absolute Gasteiger partial charge is 0.323 e. The maximum Gasteiger partial charge on any atom is 0.323 e. The van der Waals surface area contributed by atoms with Gasteiger partial charge in [0.1, 0.15) is 6.04 Å². The minimum absolute atomic E-state index is 0. The van der Waals surface area contributed by atoms with Crippen molar-refractivity contribution < 1.29 is 14.6 Å². The van der Waals surface area contributed by atoms with Gasteiger partial charge in [-0.1, -0.05) is 0 Å². The summed E-state index contributed by atoms with van der Waals surface area (Å²) in [7, 11) is 0. The first-order chi connectivity index (χ1) is 5.04. The van der Waals surface area contributed by atoms with Crippen LogP contribution in [0.1, 0.15) is 13.8 Å². The molecular formula is C7H14ClNO3. The molecule has 1 atom stereocenters. The molecule has 1 aliphatic rings. The minimum atomic E-state index is -0.852. The number of morpholine rings is 1. The lowest BCUT2D eigenvalue weighted by molar-refractivity contribution is -0.153. The van der Waals surface area contributed by atoms with Crippen molar-refractivity contribution in [3.63, 3.8) is 0 Å². The third-order valence-electron chi connectivity index (χ3n) is 1.87. The summed E-state index contributed by atoms with van der Waals surface area (Å²) in [5.41, 5.74) is -0.593. The summed E-state index contributed by atoms with van der Waals surface area (Å²) in [6, 6.07) is -0.587. The van der Waals surface area contributed by atoms with Gasteiger partial charge >= 0.3 is 5.97 Å². The van der Waals surface area contributed by atoms with E-state index in [-0.39, 0.29) is 12.4 Å². The third kappa shape index (κ3) is 2.33. The fourth-order valence-electron chi connectivity index (χ4n) is 1.23. The molecule has 0 aliphatic carbocycles. The highest BCUT2D eigenvalue weighted by atomic mass is 35.5. The second-order valence-electron chi connectivity index (χ2n) is 3.18. The number of hydrogen-bond acceptors (Lipinski definition) is 3. The molecule has 0 saturated carbocycles. The number of halogens is 1. The summed E-state index contributed by atoms with van der Waals surface area (Å²) < 4.78 is 5.30. The summed E-state index contributed by atoms with van der Waals surface area (Å²) in [6.07, 6.45) is 0. The van der Waals surface area contributed by atoms with Gasteiger partial charge in [0, 0.05) is 6.54 Å². The van der Waals surface area contributed by atoms with Crippen LogP contribution in [0.4, 0.5) is 0 Å². The van der Waals surface area contributed by atoms with Crippen LogP contribution in [0.5, 0.6) is 0 Å². The van der Waals surface area contributed by atoms with Crippen LogP contribution in [0.3, 0.4) is 0 Å². The molecule has 0 amide bonds. The summed E-state index contributed by atoms with van der Waals surface area (Å²) in [5, 5.41) is 11.6. The lowest BCUT2D eigenvalue weighted by Gasteiger charge is -2.36. The molecule has 2 N–H and O–H groups in total. The zero-order valence-corrected chi connectivity index (χ0v) is 7.98. The molecule has 1 fully saturated rings. The molecular weight excluding hydrogens is 182 g/mol. The monoisotopic (exact) mass is 195 g/mol. The topological polar surface area (TPSA) is 58.6 Å². The zero-order valence-electron chi connectivity index (χ0n) is 7.16. The average molecular weight is 196 g/mol. The summed E-state index contributed by atoms with van der Waals surface area (Å²) >= 11 is 0. The Hall–Kier alpha value is -0.320. The van der Waals surface area contributed by atoms with E-state index >= 15 is 0 Å². The zero-order chi connectivity index (χ0) is 8.48. The molecule has 0 aromatic heterocycles. The molecule has 12 heavy (non-hydrogen) atoms. The summed E-state index contributed by atoms with van der Waals surface area (Å²) in [6.45, 7) is 4.74. The van der Waals surface area contributed by atoms with E-state index in [1.54, 1.807) is 13.8 Å². The van der Waals surface area contributed by atoms with Crippen LogP contribution in [-0.2, 0) is 9.53 Å². The third-order valence-corrected chi connectivity index (χ3v) is 1.87. The van der Waals surface area contributed by atoms with Crippen molar-refractivity contribution in [3.8, 4) is 0 Å². The number of ether oxygens (including phenoxy) is 1. The molecule has 0 radical (unpaired) electrons. The highest BCUT2D eigenvalue weighted by Gasteiger charge is 2.38. The van der Waals surface area contributed by atoms with E-state index in [4.69, 9.17) is 9.84 Å². The van der Waals surface area contributed by atoms with Crippen LogP contribution < -0.4 is 5.32 Å². The number of carboxylic acid groups (broad SMARTS) is 1. The Morgan fingerprint density at radius 3 is 2.58 bits per heavy atom. The second-order valence-corrected chi connectivity index (χ2v) is 3.18. The quantitative estimate of drug-likeness (QED) is 0.630. The fraction of sp³-hybridized carbons (Fsp3) is 0.857. The second kappa shape index (κ2) is 4.07. The van der Waals surface area contributed by atoms with Crippen LogP contribution in [0, 0.1) is 0 Å². The van der Waals surface area contributed by atoms with E-state index in [2.05, 4.69) is 5.32 Å². The Bertz CT molecular complexity index is 172. The van der Waals surface area contributed by atoms with Gasteiger partial charge in [0.15, 0.2) is 0 Å². The molecule has 0 aromatic carbocycles. The van der Waals surface area contributed by atoms with Gasteiger partial charge < -0.3 is 9.84 Å². The molecule has 1 rings (SSSR count). The van der Waals surface area contributed by atoms with Gasteiger partial charge in [-0.05, 0) is 13.8 Å². The molecule has 1 unspecified atom stereocenters. The van der Waals surface area contributed by atoms with Crippen LogP contribution in [0.25, 0.3) is 0 Å². The molecule has 1 heterocycles. The molecule has 4 nitrogen and oxygen atoms in total. The van der Waals surface area contributed by atoms with Crippen LogP contribution in [-0.4, -0.2) is 35.9 Å². The maximum absolute atomic E-state index is 10.6. The Morgan fingerprint density at radius 1 is 1.67 bits per heavy atom. The molecule has 0 bridgehead atoms. The van der Waals surface area contributed by atoms with E-state index in [1.165, 1.54) is 0 Å². The van der Waals surface area contributed by atoms with Crippen molar-refractivity contribution in [2.24, 2.45) is 0 Å². The minimum Gasteiger partial charge on any atom is -0.480 e. The first kappa shape index (κ1) is 11.7. The predicted octanol–water partition coefficient (Wildman–Crippen LogP) is 0.260. The van der Waals surface area contributed by atoms with Gasteiger partial charge in [0.05, 0.1) is 12.2 Å². The van der Waals surface area contributed by atoms with Gasteiger partial charge in [0.2, 0.25) is 0 Å². The number of aliphatic carboxylic acids is 1. The Labute approximate surface area is 77.7 Å². The molecule has 72 valence electrons. The van der Waals surface area contributed by atoms with E-state index in [9.17, 15) is 4.79 Å². The Morgan fingerprint density at radius 2 is 2.25 bits per heavy atom. The number of hydrogen-bond donors (Lipinski definition) is 2. The van der Waals surface area contributed by atoms with Gasteiger partial charge in [0.25, 0.3) is 0 Å². The first-order valence-electron chi connectivity index (χ1n) is 3.64. The highest BCUT2D eigenvalue weighted by molar-refractivity contribution is 5.85. The van der Waals surface area contributed by atoms with Crippen LogP contribution in [0.15, 0.2) is 0 Å². The van der Waals surface area contributed by atoms with Crippen molar-refractivity contribution >= 4 is 18.4 Å². The lowest BCUT2D eigenvalue weighted by atomic mass is 9.97. The van der Waals surface area contributed by atoms with Gasteiger partial charge in [-0.2, -0.15) is 0 Å². The summed E-state index contributed by atoms with van der Waals surface area (Å²) in [4.78, 5) is 10.6. The van der Waals surface area contributed by atoms with Gasteiger partial charge in [-0.15, -0.1) is 12.4 Å². The van der Waals surface area contributed by atoms with Gasteiger partial charge in [-0.25, -0.2) is 0 Å². The van der Waals surface area contributed by atoms with Crippen molar-refractivity contribution in [2.75, 3.05) is 13.2 Å². The first-order valence-corrected chi connectivity index (χ1v) is 3.64. The van der Waals surface area contributed by atoms with Crippen LogP contribution >= 0.6 is 12.4 Å². The number of nitrogens with one attached hydrogen (secondary N) is 1. The van der Waals surface area contributed by atoms with Crippen molar-refractivity contribution in [1.82, 2.24) is 5.32 Å². The predicted molar refractivity (Wildman–Crippen MR) is 46.7 cm³/mol. The molecule has 5 heteroatoms. The molecule has 1 aliphatic heterocycles. The maximum atomic E-state index is 10.6. The Kier molecular flexibility index (Phi) is 3.96. The molecule has 0 spiro atoms. The van der Waals surface area contributed by atoms with Crippen molar-refractivity contribution in [1.29, 1.82) is 0 Å². The van der Waals surface area contributed by atoms with E-state index < -0.39 is 17.6 Å².